The van der Waals surface area contributed by atoms with Gasteiger partial charge >= 0.3 is 0 Å². The number of hydrogen-bond acceptors (Lipinski definition) is 3. The van der Waals surface area contributed by atoms with Crippen molar-refractivity contribution in [2.75, 3.05) is 6.54 Å². The number of nitrogens with zero attached hydrogens (tertiary/aromatic N) is 2. The summed E-state index contributed by atoms with van der Waals surface area (Å²) in [4.78, 5) is 29.7. The molecule has 0 aliphatic heterocycles. The van der Waals surface area contributed by atoms with Crippen molar-refractivity contribution >= 4 is 11.6 Å². The molecular formula is C21H25N3O2. The minimum absolute atomic E-state index is 0.137. The molecule has 1 N–H and O–H groups in total. The summed E-state index contributed by atoms with van der Waals surface area (Å²) in [7, 11) is 0. The number of aromatic nitrogens is 2. The van der Waals surface area contributed by atoms with Crippen molar-refractivity contribution in [2.45, 2.75) is 45.4 Å². The topological polar surface area (TPSA) is 63.5 Å². The number of carbonyl (C=O) groups excluding carboxylic acids is 1. The van der Waals surface area contributed by atoms with Crippen LogP contribution in [0.4, 0.5) is 0 Å². The van der Waals surface area contributed by atoms with Crippen LogP contribution in [0.5, 0.6) is 0 Å². The molecule has 0 unspecified atom stereocenters. The van der Waals surface area contributed by atoms with E-state index >= 15 is 0 Å². The standard InChI is InChI=1S/C21H25N3O2/c1-13-2-3-18-22-10-17(20(26)24(18)11-13)19(25)23-12-21-7-14-4-15(8-21)6-16(5-14)9-21/h2-3,10-11,14-16H,4-9,12H2,1H3,(H,23,25). The fourth-order valence-electron chi connectivity index (χ4n) is 6.21. The average molecular weight is 351 g/mol. The summed E-state index contributed by atoms with van der Waals surface area (Å²) in [6.45, 7) is 2.62. The van der Waals surface area contributed by atoms with E-state index < -0.39 is 0 Å². The Balaban J connectivity index is 1.37. The smallest absolute Gasteiger partial charge is 0.270 e. The van der Waals surface area contributed by atoms with E-state index in [9.17, 15) is 9.59 Å². The first-order chi connectivity index (χ1) is 12.5. The highest BCUT2D eigenvalue weighted by Gasteiger charge is 2.50. The normalized spacial score (nSPS) is 32.1. The van der Waals surface area contributed by atoms with Crippen LogP contribution in [0.3, 0.4) is 0 Å². The molecule has 0 radical (unpaired) electrons. The number of fused-ring (bicyclic) bond motifs is 1. The van der Waals surface area contributed by atoms with Gasteiger partial charge in [0.1, 0.15) is 11.2 Å². The molecule has 4 saturated carbocycles. The number of amides is 1. The van der Waals surface area contributed by atoms with Crippen LogP contribution in [0.1, 0.15) is 54.4 Å². The van der Waals surface area contributed by atoms with Gasteiger partial charge in [-0.15, -0.1) is 0 Å². The van der Waals surface area contributed by atoms with E-state index in [0.717, 1.165) is 23.3 Å². The molecule has 0 atom stereocenters. The monoisotopic (exact) mass is 351 g/mol. The van der Waals surface area contributed by atoms with E-state index in [1.165, 1.54) is 49.1 Å². The van der Waals surface area contributed by atoms with Crippen molar-refractivity contribution in [3.05, 3.63) is 46.0 Å². The molecule has 2 heterocycles. The molecule has 6 rings (SSSR count). The van der Waals surface area contributed by atoms with Gasteiger partial charge < -0.3 is 5.32 Å². The maximum absolute atomic E-state index is 12.7. The lowest BCUT2D eigenvalue weighted by molar-refractivity contribution is -0.0503. The second-order valence-corrected chi connectivity index (χ2v) is 9.01. The van der Waals surface area contributed by atoms with Crippen molar-refractivity contribution in [1.82, 2.24) is 14.7 Å². The number of hydrogen-bond donors (Lipinski definition) is 1. The van der Waals surface area contributed by atoms with Crippen molar-refractivity contribution < 1.29 is 4.79 Å². The number of aryl methyl sites for hydroxylation is 1. The first-order valence-electron chi connectivity index (χ1n) is 9.78. The first-order valence-corrected chi connectivity index (χ1v) is 9.78. The minimum Gasteiger partial charge on any atom is -0.351 e. The van der Waals surface area contributed by atoms with Crippen LogP contribution in [0.2, 0.25) is 0 Å². The molecule has 0 aromatic carbocycles. The van der Waals surface area contributed by atoms with Crippen molar-refractivity contribution in [3.63, 3.8) is 0 Å². The van der Waals surface area contributed by atoms with E-state index in [1.807, 2.05) is 13.0 Å². The van der Waals surface area contributed by atoms with E-state index in [2.05, 4.69) is 10.3 Å². The summed E-state index contributed by atoms with van der Waals surface area (Å²) in [5, 5.41) is 3.08. The summed E-state index contributed by atoms with van der Waals surface area (Å²) in [6, 6.07) is 3.71. The van der Waals surface area contributed by atoms with Gasteiger partial charge in [0.2, 0.25) is 0 Å². The Morgan fingerprint density at radius 3 is 2.50 bits per heavy atom. The molecular weight excluding hydrogens is 326 g/mol. The largest absolute Gasteiger partial charge is 0.351 e. The number of pyridine rings is 1. The molecule has 5 nitrogen and oxygen atoms in total. The second kappa shape index (κ2) is 5.66. The Labute approximate surface area is 152 Å². The fourth-order valence-corrected chi connectivity index (χ4v) is 6.21. The Bertz CT molecular complexity index is 911. The SMILES string of the molecule is Cc1ccc2ncc(C(=O)NCC34CC5CC(CC(C5)C3)C4)c(=O)n2c1. The summed E-state index contributed by atoms with van der Waals surface area (Å²) in [5.41, 5.74) is 1.65. The predicted octanol–water partition coefficient (Wildman–Crippen LogP) is 2.95. The molecule has 4 aliphatic rings. The van der Waals surface area contributed by atoms with Crippen molar-refractivity contribution in [2.24, 2.45) is 23.2 Å². The van der Waals surface area contributed by atoms with E-state index in [4.69, 9.17) is 0 Å². The van der Waals surface area contributed by atoms with Gasteiger partial charge in [-0.3, -0.25) is 14.0 Å². The first kappa shape index (κ1) is 16.0. The zero-order valence-corrected chi connectivity index (χ0v) is 15.2. The lowest BCUT2D eigenvalue weighted by Crippen LogP contribution is -2.51. The molecule has 0 spiro atoms. The molecule has 0 saturated heterocycles. The number of carbonyl (C=O) groups is 1. The summed E-state index contributed by atoms with van der Waals surface area (Å²) in [5.74, 6) is 2.28. The molecule has 136 valence electrons. The van der Waals surface area contributed by atoms with E-state index in [-0.39, 0.29) is 22.4 Å². The van der Waals surface area contributed by atoms with Crippen LogP contribution >= 0.6 is 0 Å². The third kappa shape index (κ3) is 2.56. The highest BCUT2D eigenvalue weighted by Crippen LogP contribution is 2.59. The highest BCUT2D eigenvalue weighted by atomic mass is 16.2. The van der Waals surface area contributed by atoms with Crippen LogP contribution in [0, 0.1) is 30.1 Å². The molecule has 1 amide bonds. The fraction of sp³-hybridized carbons (Fsp3) is 0.571. The third-order valence-corrected chi connectivity index (χ3v) is 6.88. The number of rotatable bonds is 3. The van der Waals surface area contributed by atoms with Gasteiger partial charge in [0, 0.05) is 18.9 Å². The zero-order chi connectivity index (χ0) is 17.9. The molecule has 4 bridgehead atoms. The average Bonchev–Trinajstić information content (AvgIpc) is 2.59. The van der Waals surface area contributed by atoms with Crippen LogP contribution in [0.25, 0.3) is 5.65 Å². The summed E-state index contributed by atoms with van der Waals surface area (Å²) >= 11 is 0. The van der Waals surface area contributed by atoms with Crippen LogP contribution in [0.15, 0.2) is 29.3 Å². The van der Waals surface area contributed by atoms with Gasteiger partial charge in [-0.2, -0.15) is 0 Å². The van der Waals surface area contributed by atoms with Crippen LogP contribution in [-0.2, 0) is 0 Å². The molecule has 26 heavy (non-hydrogen) atoms. The van der Waals surface area contributed by atoms with Gasteiger partial charge in [0.15, 0.2) is 0 Å². The van der Waals surface area contributed by atoms with E-state index in [0.29, 0.717) is 12.2 Å². The lowest BCUT2D eigenvalue weighted by atomic mass is 9.49. The maximum Gasteiger partial charge on any atom is 0.270 e. The van der Waals surface area contributed by atoms with Crippen molar-refractivity contribution in [1.29, 1.82) is 0 Å². The Hall–Kier alpha value is -2.17. The van der Waals surface area contributed by atoms with Crippen molar-refractivity contribution in [3.8, 4) is 0 Å². The molecule has 2 aromatic rings. The summed E-state index contributed by atoms with van der Waals surface area (Å²) in [6.07, 6.45) is 11.1. The van der Waals surface area contributed by atoms with Crippen LogP contribution < -0.4 is 10.9 Å². The molecule has 4 fully saturated rings. The lowest BCUT2D eigenvalue weighted by Gasteiger charge is -2.56. The third-order valence-electron chi connectivity index (χ3n) is 6.88. The minimum atomic E-state index is -0.290. The maximum atomic E-state index is 12.7. The van der Waals surface area contributed by atoms with Gasteiger partial charge in [-0.25, -0.2) is 4.98 Å². The number of nitrogens with one attached hydrogen (secondary N) is 1. The summed E-state index contributed by atoms with van der Waals surface area (Å²) < 4.78 is 1.47. The second-order valence-electron chi connectivity index (χ2n) is 9.01. The highest BCUT2D eigenvalue weighted by molar-refractivity contribution is 5.93. The Kier molecular flexibility index (Phi) is 3.49. The van der Waals surface area contributed by atoms with Gasteiger partial charge in [-0.05, 0) is 80.2 Å². The molecule has 2 aromatic heterocycles. The Morgan fingerprint density at radius 2 is 1.85 bits per heavy atom. The molecule has 4 aliphatic carbocycles. The molecule has 5 heteroatoms. The van der Waals surface area contributed by atoms with Gasteiger partial charge in [0.05, 0.1) is 0 Å². The van der Waals surface area contributed by atoms with Crippen LogP contribution in [-0.4, -0.2) is 21.8 Å². The van der Waals surface area contributed by atoms with Gasteiger partial charge in [-0.1, -0.05) is 6.07 Å². The quantitative estimate of drug-likeness (QED) is 0.925. The predicted molar refractivity (Wildman–Crippen MR) is 99.1 cm³/mol. The zero-order valence-electron chi connectivity index (χ0n) is 15.2. The van der Waals surface area contributed by atoms with E-state index in [1.54, 1.807) is 12.3 Å². The Morgan fingerprint density at radius 1 is 1.19 bits per heavy atom. The van der Waals surface area contributed by atoms with Gasteiger partial charge in [0.25, 0.3) is 11.5 Å².